The van der Waals surface area contributed by atoms with Crippen LogP contribution in [0.1, 0.15) is 6.92 Å². The van der Waals surface area contributed by atoms with Crippen LogP contribution in [0.2, 0.25) is 10.0 Å². The minimum absolute atomic E-state index is 0.0408. The van der Waals surface area contributed by atoms with Gasteiger partial charge in [-0.1, -0.05) is 23.2 Å². The smallest absolute Gasteiger partial charge is 0.293 e. The fraction of sp³-hybridized carbons (Fsp3) is 0.538. The molecule has 1 unspecified atom stereocenters. The molecular weight excluding hydrogens is 317 g/mol. The Bertz CT molecular complexity index is 522. The van der Waals surface area contributed by atoms with Gasteiger partial charge in [0.1, 0.15) is 5.69 Å². The normalized spacial score (nSPS) is 17.5. The zero-order valence-corrected chi connectivity index (χ0v) is 13.2. The molecule has 0 spiro atoms. The average molecular weight is 334 g/mol. The van der Waals surface area contributed by atoms with Gasteiger partial charge in [-0.25, -0.2) is 0 Å². The van der Waals surface area contributed by atoms with Crippen molar-refractivity contribution >= 4 is 34.6 Å². The Hall–Kier alpha value is -1.08. The number of hydrogen-bond acceptors (Lipinski definition) is 5. The lowest BCUT2D eigenvalue weighted by molar-refractivity contribution is -0.384. The second kappa shape index (κ2) is 7.26. The number of benzene rings is 1. The molecule has 0 aromatic heterocycles. The number of nitrogens with zero attached hydrogens (tertiary/aromatic N) is 2. The molecule has 0 amide bonds. The highest BCUT2D eigenvalue weighted by Gasteiger charge is 2.20. The molecule has 0 radical (unpaired) electrons. The highest BCUT2D eigenvalue weighted by atomic mass is 35.5. The van der Waals surface area contributed by atoms with Crippen LogP contribution in [0, 0.1) is 10.1 Å². The first-order valence-corrected chi connectivity index (χ1v) is 7.43. The van der Waals surface area contributed by atoms with E-state index in [2.05, 4.69) is 10.2 Å². The first-order chi connectivity index (χ1) is 9.97. The molecule has 1 aromatic carbocycles. The van der Waals surface area contributed by atoms with E-state index in [0.29, 0.717) is 10.7 Å². The van der Waals surface area contributed by atoms with Gasteiger partial charge >= 0.3 is 0 Å². The van der Waals surface area contributed by atoms with Crippen molar-refractivity contribution in [1.82, 2.24) is 4.90 Å². The number of anilines is 1. The van der Waals surface area contributed by atoms with Crippen molar-refractivity contribution in [2.24, 2.45) is 0 Å². The van der Waals surface area contributed by atoms with Gasteiger partial charge in [0, 0.05) is 31.7 Å². The summed E-state index contributed by atoms with van der Waals surface area (Å²) in [7, 11) is 0. The van der Waals surface area contributed by atoms with E-state index in [0.717, 1.165) is 32.8 Å². The lowest BCUT2D eigenvalue weighted by Gasteiger charge is -2.29. The van der Waals surface area contributed by atoms with Crippen LogP contribution in [0.5, 0.6) is 0 Å². The Morgan fingerprint density at radius 2 is 2.00 bits per heavy atom. The van der Waals surface area contributed by atoms with Crippen molar-refractivity contribution in [3.8, 4) is 0 Å². The number of hydrogen-bond donors (Lipinski definition) is 1. The van der Waals surface area contributed by atoms with Gasteiger partial charge in [0.2, 0.25) is 0 Å². The van der Waals surface area contributed by atoms with Crippen LogP contribution in [0.3, 0.4) is 0 Å². The van der Waals surface area contributed by atoms with Gasteiger partial charge < -0.3 is 10.1 Å². The number of morpholine rings is 1. The topological polar surface area (TPSA) is 67.6 Å². The van der Waals surface area contributed by atoms with E-state index in [1.54, 1.807) is 0 Å². The molecule has 1 heterocycles. The summed E-state index contributed by atoms with van der Waals surface area (Å²) in [5.41, 5.74) is 0.313. The van der Waals surface area contributed by atoms with Crippen LogP contribution in [0.25, 0.3) is 0 Å². The Morgan fingerprint density at radius 3 is 2.62 bits per heavy atom. The quantitative estimate of drug-likeness (QED) is 0.662. The Kier molecular flexibility index (Phi) is 5.64. The summed E-state index contributed by atoms with van der Waals surface area (Å²) in [5.74, 6) is 0. The molecule has 1 aromatic rings. The summed E-state index contributed by atoms with van der Waals surface area (Å²) in [5, 5.41) is 14.7. The molecule has 21 heavy (non-hydrogen) atoms. The molecule has 1 saturated heterocycles. The van der Waals surface area contributed by atoms with Gasteiger partial charge in [0.15, 0.2) is 0 Å². The van der Waals surface area contributed by atoms with Crippen molar-refractivity contribution in [3.63, 3.8) is 0 Å². The fourth-order valence-corrected chi connectivity index (χ4v) is 2.61. The summed E-state index contributed by atoms with van der Waals surface area (Å²) in [6, 6.07) is 2.81. The Morgan fingerprint density at radius 1 is 1.38 bits per heavy atom. The molecule has 1 aliphatic heterocycles. The summed E-state index contributed by atoms with van der Waals surface area (Å²) in [6.07, 6.45) is 0. The molecule has 6 nitrogen and oxygen atoms in total. The number of halogens is 2. The van der Waals surface area contributed by atoms with Crippen LogP contribution < -0.4 is 5.32 Å². The Balaban J connectivity index is 2.07. The van der Waals surface area contributed by atoms with E-state index >= 15 is 0 Å². The highest BCUT2D eigenvalue weighted by molar-refractivity contribution is 6.42. The summed E-state index contributed by atoms with van der Waals surface area (Å²) < 4.78 is 5.30. The minimum atomic E-state index is -0.466. The average Bonchev–Trinajstić information content (AvgIpc) is 2.43. The number of ether oxygens (including phenoxy) is 1. The van der Waals surface area contributed by atoms with Gasteiger partial charge in [-0.15, -0.1) is 0 Å². The first kappa shape index (κ1) is 16.3. The van der Waals surface area contributed by atoms with E-state index in [-0.39, 0.29) is 16.8 Å². The summed E-state index contributed by atoms with van der Waals surface area (Å²) >= 11 is 11.8. The third-order valence-corrected chi connectivity index (χ3v) is 4.00. The molecular formula is C13H17Cl2N3O3. The van der Waals surface area contributed by atoms with Gasteiger partial charge in [0.05, 0.1) is 28.2 Å². The zero-order chi connectivity index (χ0) is 15.4. The third kappa shape index (κ3) is 4.44. The number of nitro groups is 1. The maximum Gasteiger partial charge on any atom is 0.293 e. The molecule has 1 atom stereocenters. The maximum absolute atomic E-state index is 11.1. The number of rotatable bonds is 5. The van der Waals surface area contributed by atoms with Gasteiger partial charge in [-0.05, 0) is 13.0 Å². The van der Waals surface area contributed by atoms with Crippen molar-refractivity contribution < 1.29 is 9.66 Å². The molecule has 116 valence electrons. The van der Waals surface area contributed by atoms with Crippen LogP contribution >= 0.6 is 23.2 Å². The SMILES string of the molecule is CC(CN1CCOCC1)Nc1cc(Cl)c(Cl)cc1[N+](=O)[O-]. The van der Waals surface area contributed by atoms with Crippen molar-refractivity contribution in [2.75, 3.05) is 38.2 Å². The molecule has 0 aliphatic carbocycles. The molecule has 1 fully saturated rings. The van der Waals surface area contributed by atoms with Crippen molar-refractivity contribution in [2.45, 2.75) is 13.0 Å². The van der Waals surface area contributed by atoms with Crippen molar-refractivity contribution in [3.05, 3.63) is 32.3 Å². The molecule has 2 rings (SSSR count). The van der Waals surface area contributed by atoms with E-state index in [4.69, 9.17) is 27.9 Å². The zero-order valence-electron chi connectivity index (χ0n) is 11.6. The molecule has 1 N–H and O–H groups in total. The van der Waals surface area contributed by atoms with E-state index in [1.165, 1.54) is 12.1 Å². The van der Waals surface area contributed by atoms with Crippen LogP contribution in [0.4, 0.5) is 11.4 Å². The van der Waals surface area contributed by atoms with E-state index in [1.807, 2.05) is 6.92 Å². The number of nitrogens with one attached hydrogen (secondary N) is 1. The van der Waals surface area contributed by atoms with Crippen LogP contribution in [-0.2, 0) is 4.74 Å². The van der Waals surface area contributed by atoms with Crippen LogP contribution in [0.15, 0.2) is 12.1 Å². The third-order valence-electron chi connectivity index (χ3n) is 3.27. The van der Waals surface area contributed by atoms with Gasteiger partial charge in [-0.3, -0.25) is 15.0 Å². The van der Waals surface area contributed by atoms with Crippen molar-refractivity contribution in [1.29, 1.82) is 0 Å². The molecule has 0 saturated carbocycles. The second-order valence-electron chi connectivity index (χ2n) is 5.00. The van der Waals surface area contributed by atoms with Crippen LogP contribution in [-0.4, -0.2) is 48.7 Å². The predicted octanol–water partition coefficient (Wildman–Crippen LogP) is 3.03. The largest absolute Gasteiger partial charge is 0.379 e. The fourth-order valence-electron chi connectivity index (χ4n) is 2.29. The maximum atomic E-state index is 11.1. The van der Waals surface area contributed by atoms with E-state index in [9.17, 15) is 10.1 Å². The lowest BCUT2D eigenvalue weighted by Crippen LogP contribution is -2.42. The predicted molar refractivity (Wildman–Crippen MR) is 83.5 cm³/mol. The monoisotopic (exact) mass is 333 g/mol. The second-order valence-corrected chi connectivity index (χ2v) is 5.81. The van der Waals surface area contributed by atoms with Gasteiger partial charge in [-0.2, -0.15) is 0 Å². The Labute approximate surface area is 133 Å². The minimum Gasteiger partial charge on any atom is -0.379 e. The molecule has 8 heteroatoms. The van der Waals surface area contributed by atoms with Gasteiger partial charge in [0.25, 0.3) is 5.69 Å². The first-order valence-electron chi connectivity index (χ1n) is 6.67. The highest BCUT2D eigenvalue weighted by Crippen LogP contribution is 2.34. The number of nitro benzene ring substituents is 1. The lowest BCUT2D eigenvalue weighted by atomic mass is 10.2. The summed E-state index contributed by atoms with van der Waals surface area (Å²) in [4.78, 5) is 12.9. The van der Waals surface area contributed by atoms with E-state index < -0.39 is 4.92 Å². The molecule has 0 bridgehead atoms. The molecule has 1 aliphatic rings. The standard InChI is InChI=1S/C13H17Cl2N3O3/c1-9(8-17-2-4-21-5-3-17)16-12-6-10(14)11(15)7-13(12)18(19)20/h6-7,9,16H,2-5,8H2,1H3. The summed E-state index contributed by atoms with van der Waals surface area (Å²) in [6.45, 7) is 5.94.